The summed E-state index contributed by atoms with van der Waals surface area (Å²) in [5, 5.41) is 3.97. The molecule has 1 amide bonds. The zero-order chi connectivity index (χ0) is 26.3. The largest absolute Gasteiger partial charge is 0.495 e. The van der Waals surface area contributed by atoms with Crippen molar-refractivity contribution in [1.82, 2.24) is 5.43 Å². The van der Waals surface area contributed by atoms with Crippen LogP contribution in [0.4, 0.5) is 5.69 Å². The SMILES string of the molecule is COc1ccc(/C=N\NC(=O)CN(c2cc(C)ccc2OC)S(=O)(=O)c2ccc(C)cc2)cc1OC. The van der Waals surface area contributed by atoms with Crippen molar-refractivity contribution < 1.29 is 27.4 Å². The van der Waals surface area contributed by atoms with Crippen molar-refractivity contribution in [2.45, 2.75) is 18.7 Å². The molecule has 0 aliphatic carbocycles. The molecule has 9 nitrogen and oxygen atoms in total. The van der Waals surface area contributed by atoms with Crippen molar-refractivity contribution >= 4 is 27.8 Å². The quantitative estimate of drug-likeness (QED) is 0.329. The highest BCUT2D eigenvalue weighted by molar-refractivity contribution is 7.92. The summed E-state index contributed by atoms with van der Waals surface area (Å²) in [5.41, 5.74) is 5.01. The van der Waals surface area contributed by atoms with E-state index in [2.05, 4.69) is 10.5 Å². The molecule has 3 aromatic rings. The van der Waals surface area contributed by atoms with E-state index >= 15 is 0 Å². The number of anilines is 1. The molecule has 0 bridgehead atoms. The highest BCUT2D eigenvalue weighted by Gasteiger charge is 2.29. The van der Waals surface area contributed by atoms with Gasteiger partial charge in [0, 0.05) is 0 Å². The van der Waals surface area contributed by atoms with E-state index in [1.165, 1.54) is 39.7 Å². The fourth-order valence-corrected chi connectivity index (χ4v) is 4.83. The van der Waals surface area contributed by atoms with Crippen molar-refractivity contribution in [3.63, 3.8) is 0 Å². The molecule has 0 aliphatic heterocycles. The van der Waals surface area contributed by atoms with Crippen LogP contribution >= 0.6 is 0 Å². The second kappa shape index (κ2) is 11.6. The highest BCUT2D eigenvalue weighted by atomic mass is 32.2. The third-order valence-corrected chi connectivity index (χ3v) is 7.08. The molecule has 36 heavy (non-hydrogen) atoms. The van der Waals surface area contributed by atoms with E-state index in [9.17, 15) is 13.2 Å². The van der Waals surface area contributed by atoms with E-state index in [1.54, 1.807) is 48.5 Å². The third-order valence-electron chi connectivity index (χ3n) is 5.31. The maximum Gasteiger partial charge on any atom is 0.264 e. The molecular formula is C26H29N3O6S. The number of benzene rings is 3. The second-order valence-electron chi connectivity index (χ2n) is 7.91. The van der Waals surface area contributed by atoms with Gasteiger partial charge < -0.3 is 14.2 Å². The molecule has 0 fully saturated rings. The summed E-state index contributed by atoms with van der Waals surface area (Å²) in [6, 6.07) is 16.7. The number of hydrogen-bond acceptors (Lipinski definition) is 7. The van der Waals surface area contributed by atoms with Crippen LogP contribution in [0.15, 0.2) is 70.7 Å². The topological polar surface area (TPSA) is 107 Å². The second-order valence-corrected chi connectivity index (χ2v) is 9.77. The van der Waals surface area contributed by atoms with Gasteiger partial charge in [-0.2, -0.15) is 5.10 Å². The van der Waals surface area contributed by atoms with Gasteiger partial charge in [-0.05, 0) is 67.4 Å². The molecular weight excluding hydrogens is 482 g/mol. The van der Waals surface area contributed by atoms with Crippen LogP contribution in [-0.2, 0) is 14.8 Å². The van der Waals surface area contributed by atoms with Gasteiger partial charge in [0.2, 0.25) is 0 Å². The van der Waals surface area contributed by atoms with Gasteiger partial charge in [0.05, 0.1) is 38.1 Å². The van der Waals surface area contributed by atoms with Crippen LogP contribution in [-0.4, -0.2) is 48.4 Å². The number of sulfonamides is 1. The Morgan fingerprint density at radius 3 is 2.11 bits per heavy atom. The van der Waals surface area contributed by atoms with E-state index in [0.29, 0.717) is 22.8 Å². The van der Waals surface area contributed by atoms with Gasteiger partial charge in [0.15, 0.2) is 11.5 Å². The van der Waals surface area contributed by atoms with Gasteiger partial charge in [-0.1, -0.05) is 23.8 Å². The van der Waals surface area contributed by atoms with Crippen molar-refractivity contribution in [3.05, 3.63) is 77.4 Å². The van der Waals surface area contributed by atoms with Crippen molar-refractivity contribution in [1.29, 1.82) is 0 Å². The molecule has 1 N–H and O–H groups in total. The summed E-state index contributed by atoms with van der Waals surface area (Å²) in [4.78, 5) is 12.9. The number of methoxy groups -OCH3 is 3. The zero-order valence-corrected chi connectivity index (χ0v) is 21.6. The lowest BCUT2D eigenvalue weighted by Crippen LogP contribution is -2.39. The van der Waals surface area contributed by atoms with Crippen LogP contribution in [0.3, 0.4) is 0 Å². The van der Waals surface area contributed by atoms with E-state index in [4.69, 9.17) is 14.2 Å². The molecule has 3 rings (SSSR count). The Morgan fingerprint density at radius 1 is 0.861 bits per heavy atom. The lowest BCUT2D eigenvalue weighted by Gasteiger charge is -2.25. The van der Waals surface area contributed by atoms with E-state index in [0.717, 1.165) is 15.4 Å². The number of aryl methyl sites for hydroxylation is 2. The zero-order valence-electron chi connectivity index (χ0n) is 20.8. The molecule has 0 unspecified atom stereocenters. The lowest BCUT2D eigenvalue weighted by molar-refractivity contribution is -0.119. The summed E-state index contributed by atoms with van der Waals surface area (Å²) in [5.74, 6) is 0.751. The number of hydrogen-bond donors (Lipinski definition) is 1. The molecule has 190 valence electrons. The number of amides is 1. The van der Waals surface area contributed by atoms with Gasteiger partial charge in [-0.25, -0.2) is 13.8 Å². The van der Waals surface area contributed by atoms with Gasteiger partial charge in [-0.15, -0.1) is 0 Å². The number of nitrogens with zero attached hydrogens (tertiary/aromatic N) is 2. The van der Waals surface area contributed by atoms with Crippen molar-refractivity contribution in [3.8, 4) is 17.2 Å². The van der Waals surface area contributed by atoms with Crippen molar-refractivity contribution in [2.75, 3.05) is 32.2 Å². The summed E-state index contributed by atoms with van der Waals surface area (Å²) >= 11 is 0. The molecule has 3 aromatic carbocycles. The minimum atomic E-state index is -4.10. The summed E-state index contributed by atoms with van der Waals surface area (Å²) in [6.45, 7) is 3.17. The molecule has 0 heterocycles. The Kier molecular flexibility index (Phi) is 8.55. The first-order valence-electron chi connectivity index (χ1n) is 11.0. The normalized spacial score (nSPS) is 11.2. The minimum absolute atomic E-state index is 0.0540. The van der Waals surface area contributed by atoms with Crippen LogP contribution in [0, 0.1) is 13.8 Å². The number of carbonyl (C=O) groups excluding carboxylic acids is 1. The number of hydrazone groups is 1. The van der Waals surface area contributed by atoms with Gasteiger partial charge in [0.1, 0.15) is 12.3 Å². The Bertz CT molecular complexity index is 1350. The monoisotopic (exact) mass is 511 g/mol. The van der Waals surface area contributed by atoms with Crippen LogP contribution < -0.4 is 23.9 Å². The van der Waals surface area contributed by atoms with Crippen LogP contribution in [0.1, 0.15) is 16.7 Å². The summed E-state index contributed by atoms with van der Waals surface area (Å²) < 4.78 is 44.1. The van der Waals surface area contributed by atoms with Gasteiger partial charge in [0.25, 0.3) is 15.9 Å². The van der Waals surface area contributed by atoms with E-state index in [1.807, 2.05) is 13.8 Å². The Hall–Kier alpha value is -4.05. The Labute approximate surface area is 211 Å². The maximum atomic E-state index is 13.6. The smallest absolute Gasteiger partial charge is 0.264 e. The first kappa shape index (κ1) is 26.6. The standard InChI is InChI=1S/C26H29N3O6S/c1-18-6-10-21(11-7-18)36(31,32)29(22-14-19(2)8-12-23(22)33-3)17-26(30)28-27-16-20-9-13-24(34-4)25(15-20)35-5/h6-16H,17H2,1-5H3,(H,28,30)/b27-16-. The van der Waals surface area contributed by atoms with Crippen LogP contribution in [0.5, 0.6) is 17.2 Å². The van der Waals surface area contributed by atoms with Gasteiger partial charge >= 0.3 is 0 Å². The number of nitrogens with one attached hydrogen (secondary N) is 1. The average Bonchev–Trinajstić information content (AvgIpc) is 2.87. The molecule has 0 saturated heterocycles. The minimum Gasteiger partial charge on any atom is -0.495 e. The van der Waals surface area contributed by atoms with Crippen LogP contribution in [0.25, 0.3) is 0 Å². The summed E-state index contributed by atoms with van der Waals surface area (Å²) in [6.07, 6.45) is 1.42. The van der Waals surface area contributed by atoms with Crippen molar-refractivity contribution in [2.24, 2.45) is 5.10 Å². The highest BCUT2D eigenvalue weighted by Crippen LogP contribution is 2.33. The molecule has 0 radical (unpaired) electrons. The predicted octanol–water partition coefficient (Wildman–Crippen LogP) is 3.67. The molecule has 0 aliphatic rings. The number of rotatable bonds is 10. The third kappa shape index (κ3) is 6.14. The fourth-order valence-electron chi connectivity index (χ4n) is 3.41. The fraction of sp³-hybridized carbons (Fsp3) is 0.231. The lowest BCUT2D eigenvalue weighted by atomic mass is 10.2. The molecule has 0 atom stereocenters. The summed E-state index contributed by atoms with van der Waals surface area (Å²) in [7, 11) is 0.394. The van der Waals surface area contributed by atoms with E-state index < -0.39 is 22.5 Å². The predicted molar refractivity (Wildman–Crippen MR) is 139 cm³/mol. The Balaban J connectivity index is 1.89. The average molecular weight is 512 g/mol. The Morgan fingerprint density at radius 2 is 1.47 bits per heavy atom. The molecule has 0 saturated carbocycles. The van der Waals surface area contributed by atoms with E-state index in [-0.39, 0.29) is 10.6 Å². The van der Waals surface area contributed by atoms with Crippen LogP contribution in [0.2, 0.25) is 0 Å². The number of ether oxygens (including phenoxy) is 3. The molecule has 10 heteroatoms. The molecule has 0 aromatic heterocycles. The number of carbonyl (C=O) groups is 1. The van der Waals surface area contributed by atoms with Gasteiger partial charge in [-0.3, -0.25) is 9.10 Å². The maximum absolute atomic E-state index is 13.6. The first-order valence-corrected chi connectivity index (χ1v) is 12.4. The molecule has 0 spiro atoms. The first-order chi connectivity index (χ1) is 17.2.